The number of nitrogens with two attached hydrogens (primary N) is 1. The van der Waals surface area contributed by atoms with Gasteiger partial charge in [-0.1, -0.05) is 15.9 Å². The summed E-state index contributed by atoms with van der Waals surface area (Å²) in [4.78, 5) is 15.8. The molecule has 104 valence electrons. The highest BCUT2D eigenvalue weighted by Gasteiger charge is 2.15. The molecular weight excluding hydrogens is 320 g/mol. The lowest BCUT2D eigenvalue weighted by molar-refractivity contribution is 0.0997. The number of carbonyl (C=O) groups is 1. The highest BCUT2D eigenvalue weighted by atomic mass is 79.9. The van der Waals surface area contributed by atoms with Gasteiger partial charge < -0.3 is 10.5 Å². The third kappa shape index (κ3) is 2.99. The van der Waals surface area contributed by atoms with Gasteiger partial charge in [0, 0.05) is 16.2 Å². The molecule has 1 amide bonds. The monoisotopic (exact) mass is 334 g/mol. The van der Waals surface area contributed by atoms with Gasteiger partial charge in [0.1, 0.15) is 17.1 Å². The van der Waals surface area contributed by atoms with Crippen molar-refractivity contribution < 1.29 is 9.53 Å². The van der Waals surface area contributed by atoms with Crippen LogP contribution >= 0.6 is 15.9 Å². The van der Waals surface area contributed by atoms with E-state index in [9.17, 15) is 4.79 Å². The van der Waals surface area contributed by atoms with Gasteiger partial charge in [0.15, 0.2) is 0 Å². The Hall–Kier alpha value is -1.88. The van der Waals surface area contributed by atoms with Gasteiger partial charge >= 0.3 is 0 Å². The molecule has 1 aromatic heterocycles. The van der Waals surface area contributed by atoms with E-state index in [4.69, 9.17) is 10.5 Å². The molecule has 2 aromatic rings. The van der Waals surface area contributed by atoms with Crippen LogP contribution in [-0.4, -0.2) is 10.9 Å². The second-order valence-corrected chi connectivity index (χ2v) is 5.45. The fourth-order valence-electron chi connectivity index (χ4n) is 1.98. The number of benzene rings is 1. The first-order chi connectivity index (χ1) is 9.38. The highest BCUT2D eigenvalue weighted by molar-refractivity contribution is 9.10. The van der Waals surface area contributed by atoms with Crippen molar-refractivity contribution in [3.05, 3.63) is 51.3 Å². The molecule has 0 aliphatic carbocycles. The molecule has 2 N–H and O–H groups in total. The Morgan fingerprint density at radius 1 is 1.25 bits per heavy atom. The molecule has 0 saturated carbocycles. The van der Waals surface area contributed by atoms with Gasteiger partial charge in [-0.25, -0.2) is 0 Å². The van der Waals surface area contributed by atoms with Crippen molar-refractivity contribution in [1.29, 1.82) is 0 Å². The van der Waals surface area contributed by atoms with Gasteiger partial charge in [0.25, 0.3) is 5.91 Å². The van der Waals surface area contributed by atoms with E-state index in [0.717, 1.165) is 15.7 Å². The minimum Gasteiger partial charge on any atom is -0.456 e. The van der Waals surface area contributed by atoms with Crippen molar-refractivity contribution >= 4 is 21.8 Å². The molecule has 20 heavy (non-hydrogen) atoms. The molecule has 5 heteroatoms. The third-order valence-electron chi connectivity index (χ3n) is 2.90. The lowest BCUT2D eigenvalue weighted by atomic mass is 10.1. The summed E-state index contributed by atoms with van der Waals surface area (Å²) in [6.45, 7) is 5.55. The molecule has 2 rings (SSSR count). The molecule has 0 unspecified atom stereocenters. The first-order valence-electron chi connectivity index (χ1n) is 6.10. The molecule has 0 fully saturated rings. The number of ether oxygens (including phenoxy) is 1. The summed E-state index contributed by atoms with van der Waals surface area (Å²) in [6, 6.07) is 7.33. The SMILES string of the molecule is Cc1cc(Oc2ccc(Br)c(C)c2)c(C(N)=O)c(C)n1. The summed E-state index contributed by atoms with van der Waals surface area (Å²) < 4.78 is 6.81. The zero-order chi connectivity index (χ0) is 14.9. The van der Waals surface area contributed by atoms with Crippen molar-refractivity contribution in [1.82, 2.24) is 4.98 Å². The summed E-state index contributed by atoms with van der Waals surface area (Å²) in [6.07, 6.45) is 0. The summed E-state index contributed by atoms with van der Waals surface area (Å²) in [5.74, 6) is 0.543. The standard InChI is InChI=1S/C15H15BrN2O2/c1-8-6-11(4-5-12(8)16)20-13-7-9(2)18-10(3)14(13)15(17)19/h4-7H,1-3H3,(H2,17,19). The number of nitrogens with zero attached hydrogens (tertiary/aromatic N) is 1. The molecule has 1 aromatic carbocycles. The second kappa shape index (κ2) is 5.63. The van der Waals surface area contributed by atoms with E-state index in [0.29, 0.717) is 22.8 Å². The van der Waals surface area contributed by atoms with Gasteiger partial charge in [-0.05, 0) is 44.5 Å². The van der Waals surface area contributed by atoms with Crippen LogP contribution in [0.1, 0.15) is 27.3 Å². The van der Waals surface area contributed by atoms with Crippen molar-refractivity contribution in [3.8, 4) is 11.5 Å². The maximum absolute atomic E-state index is 11.6. The van der Waals surface area contributed by atoms with E-state index >= 15 is 0 Å². The van der Waals surface area contributed by atoms with Crippen molar-refractivity contribution in [3.63, 3.8) is 0 Å². The number of rotatable bonds is 3. The van der Waals surface area contributed by atoms with E-state index in [1.807, 2.05) is 32.0 Å². The van der Waals surface area contributed by atoms with Gasteiger partial charge in [-0.3, -0.25) is 9.78 Å². The Bertz CT molecular complexity index is 684. The summed E-state index contributed by atoms with van der Waals surface area (Å²) in [5, 5.41) is 0. The first-order valence-corrected chi connectivity index (χ1v) is 6.90. The van der Waals surface area contributed by atoms with Crippen LogP contribution in [0.4, 0.5) is 0 Å². The fraction of sp³-hybridized carbons (Fsp3) is 0.200. The summed E-state index contributed by atoms with van der Waals surface area (Å²) in [5.41, 5.74) is 8.11. The zero-order valence-corrected chi connectivity index (χ0v) is 13.1. The molecule has 0 bridgehead atoms. The van der Waals surface area contributed by atoms with Crippen molar-refractivity contribution in [2.45, 2.75) is 20.8 Å². The van der Waals surface area contributed by atoms with Crippen LogP contribution in [0.25, 0.3) is 0 Å². The molecule has 4 nitrogen and oxygen atoms in total. The van der Waals surface area contributed by atoms with Crippen LogP contribution in [-0.2, 0) is 0 Å². The lowest BCUT2D eigenvalue weighted by Crippen LogP contribution is -2.15. The largest absolute Gasteiger partial charge is 0.456 e. The van der Waals surface area contributed by atoms with E-state index in [1.54, 1.807) is 13.0 Å². The van der Waals surface area contributed by atoms with Crippen LogP contribution in [0.2, 0.25) is 0 Å². The number of aromatic nitrogens is 1. The number of hydrogen-bond acceptors (Lipinski definition) is 3. The smallest absolute Gasteiger partial charge is 0.254 e. The molecule has 0 atom stereocenters. The Balaban J connectivity index is 2.47. The van der Waals surface area contributed by atoms with Gasteiger partial charge in [0.2, 0.25) is 0 Å². The van der Waals surface area contributed by atoms with Crippen LogP contribution in [0.3, 0.4) is 0 Å². The zero-order valence-electron chi connectivity index (χ0n) is 11.5. The molecule has 0 spiro atoms. The maximum Gasteiger partial charge on any atom is 0.254 e. The van der Waals surface area contributed by atoms with Crippen LogP contribution in [0, 0.1) is 20.8 Å². The fourth-order valence-corrected chi connectivity index (χ4v) is 2.23. The molecular formula is C15H15BrN2O2. The van der Waals surface area contributed by atoms with E-state index in [2.05, 4.69) is 20.9 Å². The Morgan fingerprint density at radius 3 is 2.55 bits per heavy atom. The van der Waals surface area contributed by atoms with E-state index < -0.39 is 5.91 Å². The molecule has 0 aliphatic rings. The van der Waals surface area contributed by atoms with Gasteiger partial charge in [-0.2, -0.15) is 0 Å². The number of halogens is 1. The van der Waals surface area contributed by atoms with Gasteiger partial charge in [0.05, 0.1) is 5.69 Å². The number of pyridine rings is 1. The van der Waals surface area contributed by atoms with Crippen LogP contribution in [0.5, 0.6) is 11.5 Å². The topological polar surface area (TPSA) is 65.2 Å². The predicted octanol–water partition coefficient (Wildman–Crippen LogP) is 3.66. The average Bonchev–Trinajstić information content (AvgIpc) is 2.32. The number of aryl methyl sites for hydroxylation is 3. The quantitative estimate of drug-likeness (QED) is 0.931. The number of hydrogen-bond donors (Lipinski definition) is 1. The molecule has 0 saturated heterocycles. The van der Waals surface area contributed by atoms with E-state index in [-0.39, 0.29) is 0 Å². The number of primary amides is 1. The maximum atomic E-state index is 11.6. The predicted molar refractivity (Wildman–Crippen MR) is 81.2 cm³/mol. The van der Waals surface area contributed by atoms with Gasteiger partial charge in [-0.15, -0.1) is 0 Å². The average molecular weight is 335 g/mol. The van der Waals surface area contributed by atoms with E-state index in [1.165, 1.54) is 0 Å². The first kappa shape index (κ1) is 14.5. The Labute approximate surface area is 126 Å². The third-order valence-corrected chi connectivity index (χ3v) is 3.79. The van der Waals surface area contributed by atoms with Crippen molar-refractivity contribution in [2.75, 3.05) is 0 Å². The molecule has 0 radical (unpaired) electrons. The number of carbonyl (C=O) groups excluding carboxylic acids is 1. The van der Waals surface area contributed by atoms with Crippen molar-refractivity contribution in [2.24, 2.45) is 5.73 Å². The summed E-state index contributed by atoms with van der Waals surface area (Å²) in [7, 11) is 0. The lowest BCUT2D eigenvalue weighted by Gasteiger charge is -2.12. The summed E-state index contributed by atoms with van der Waals surface area (Å²) >= 11 is 3.44. The molecule has 0 aliphatic heterocycles. The van der Waals surface area contributed by atoms with Crippen LogP contribution in [0.15, 0.2) is 28.7 Å². The van der Waals surface area contributed by atoms with Crippen LogP contribution < -0.4 is 10.5 Å². The minimum absolute atomic E-state index is 0.316. The normalized spacial score (nSPS) is 10.4. The number of amides is 1. The minimum atomic E-state index is -0.543. The Morgan fingerprint density at radius 2 is 1.95 bits per heavy atom. The molecule has 1 heterocycles. The second-order valence-electron chi connectivity index (χ2n) is 4.60. The Kier molecular flexibility index (Phi) is 4.09. The highest BCUT2D eigenvalue weighted by Crippen LogP contribution is 2.29.